The zero-order valence-corrected chi connectivity index (χ0v) is 21.8. The molecule has 4 rings (SSSR count). The van der Waals surface area contributed by atoms with E-state index in [9.17, 15) is 9.59 Å². The Bertz CT molecular complexity index is 873. The number of nitrogens with zero attached hydrogens (tertiary/aromatic N) is 2. The molecule has 2 bridgehead atoms. The highest BCUT2D eigenvalue weighted by atomic mass is 127. The molecule has 2 fully saturated rings. The predicted octanol–water partition coefficient (Wildman–Crippen LogP) is 3.09. The molecular weight excluding hydrogens is 531 g/mol. The van der Waals surface area contributed by atoms with Crippen LogP contribution in [0.5, 0.6) is 0 Å². The topological polar surface area (TPSA) is 83.0 Å². The van der Waals surface area contributed by atoms with Gasteiger partial charge >= 0.3 is 0 Å². The van der Waals surface area contributed by atoms with Gasteiger partial charge in [0.1, 0.15) is 0 Å². The maximum Gasteiger partial charge on any atom is 0.233 e. The number of fused-ring (bicyclic) bond motifs is 5. The number of halogens is 1. The fourth-order valence-corrected chi connectivity index (χ4v) is 5.20. The number of guanidine groups is 1. The lowest BCUT2D eigenvalue weighted by Crippen LogP contribution is -2.40. The molecule has 0 radical (unpaired) electrons. The van der Waals surface area contributed by atoms with E-state index in [1.807, 2.05) is 26.0 Å². The summed E-state index contributed by atoms with van der Waals surface area (Å²) in [7, 11) is 0. The molecule has 4 unspecified atom stereocenters. The van der Waals surface area contributed by atoms with Crippen LogP contribution in [0.4, 0.5) is 0 Å². The summed E-state index contributed by atoms with van der Waals surface area (Å²) in [6.45, 7) is 7.72. The molecule has 1 saturated carbocycles. The van der Waals surface area contributed by atoms with Gasteiger partial charge in [0.15, 0.2) is 5.96 Å². The predicted molar refractivity (Wildman–Crippen MR) is 139 cm³/mol. The van der Waals surface area contributed by atoms with Crippen molar-refractivity contribution in [1.82, 2.24) is 15.5 Å². The number of ether oxygens (including phenoxy) is 1. The number of carbonyl (C=O) groups excluding carboxylic acids is 2. The second-order valence-corrected chi connectivity index (χ2v) is 8.71. The summed E-state index contributed by atoms with van der Waals surface area (Å²) in [5.41, 5.74) is 2.29. The van der Waals surface area contributed by atoms with E-state index < -0.39 is 0 Å². The molecule has 0 aromatic heterocycles. The molecule has 3 aliphatic rings. The lowest BCUT2D eigenvalue weighted by molar-refractivity contribution is -0.140. The van der Waals surface area contributed by atoms with Crippen molar-refractivity contribution < 1.29 is 14.3 Å². The maximum atomic E-state index is 12.8. The quantitative estimate of drug-likeness (QED) is 0.114. The van der Waals surface area contributed by atoms with Gasteiger partial charge < -0.3 is 15.4 Å². The SMILES string of the molecule is CCNC(=NCc1ccccc1COCC)NCCCN1C(=O)C2C3C=CC(C3)C2C1=O.I. The summed E-state index contributed by atoms with van der Waals surface area (Å²) in [5, 5.41) is 6.60. The third kappa shape index (κ3) is 5.59. The van der Waals surface area contributed by atoms with E-state index in [1.165, 1.54) is 4.90 Å². The lowest BCUT2D eigenvalue weighted by atomic mass is 9.85. The number of aliphatic imine (C=N–C) groups is 1. The number of hydrogen-bond acceptors (Lipinski definition) is 4. The van der Waals surface area contributed by atoms with Crippen molar-refractivity contribution in [3.05, 3.63) is 47.5 Å². The van der Waals surface area contributed by atoms with Crippen LogP contribution >= 0.6 is 24.0 Å². The van der Waals surface area contributed by atoms with Crippen molar-refractivity contribution in [2.45, 2.75) is 39.8 Å². The number of imide groups is 1. The number of benzene rings is 1. The number of likely N-dealkylation sites (tertiary alicyclic amines) is 1. The van der Waals surface area contributed by atoms with Gasteiger partial charge in [-0.3, -0.25) is 14.5 Å². The Labute approximate surface area is 213 Å². The Morgan fingerprint density at radius 3 is 2.36 bits per heavy atom. The summed E-state index contributed by atoms with van der Waals surface area (Å²) in [6.07, 6.45) is 5.94. The highest BCUT2D eigenvalue weighted by Gasteiger charge is 2.58. The first-order valence-electron chi connectivity index (χ1n) is 11.8. The van der Waals surface area contributed by atoms with E-state index in [2.05, 4.69) is 34.9 Å². The van der Waals surface area contributed by atoms with Crippen LogP contribution in [-0.2, 0) is 27.5 Å². The molecule has 1 saturated heterocycles. The Hall–Kier alpha value is -1.94. The molecule has 8 heteroatoms. The van der Waals surface area contributed by atoms with Gasteiger partial charge in [-0.05, 0) is 49.7 Å². The molecule has 180 valence electrons. The van der Waals surface area contributed by atoms with E-state index >= 15 is 0 Å². The van der Waals surface area contributed by atoms with Crippen LogP contribution < -0.4 is 10.6 Å². The van der Waals surface area contributed by atoms with Crippen LogP contribution in [-0.4, -0.2) is 48.9 Å². The van der Waals surface area contributed by atoms with Gasteiger partial charge in [-0.25, -0.2) is 4.99 Å². The van der Waals surface area contributed by atoms with Gasteiger partial charge in [-0.1, -0.05) is 36.4 Å². The number of rotatable bonds is 10. The number of nitrogens with one attached hydrogen (secondary N) is 2. The van der Waals surface area contributed by atoms with Crippen LogP contribution in [0.3, 0.4) is 0 Å². The fourth-order valence-electron chi connectivity index (χ4n) is 5.20. The standard InChI is InChI=1S/C25H34N4O3.HI/c1-3-26-25(28-15-19-8-5-6-9-20(19)16-32-4-2)27-12-7-13-29-23(30)21-17-10-11-18(14-17)22(21)24(29)31;/h5-6,8-11,17-18,21-22H,3-4,7,12-16H2,1-2H3,(H2,26,27,28);1H. The summed E-state index contributed by atoms with van der Waals surface area (Å²) >= 11 is 0. The first-order chi connectivity index (χ1) is 15.6. The number of hydrogen-bond donors (Lipinski definition) is 2. The van der Waals surface area contributed by atoms with Crippen LogP contribution in [0.25, 0.3) is 0 Å². The molecule has 2 aliphatic carbocycles. The minimum atomic E-state index is -0.110. The van der Waals surface area contributed by atoms with Crippen molar-refractivity contribution in [2.24, 2.45) is 28.7 Å². The third-order valence-corrected chi connectivity index (χ3v) is 6.74. The Balaban J connectivity index is 0.00000306. The zero-order chi connectivity index (χ0) is 22.5. The Morgan fingerprint density at radius 2 is 1.73 bits per heavy atom. The highest BCUT2D eigenvalue weighted by molar-refractivity contribution is 14.0. The fraction of sp³-hybridized carbons (Fsp3) is 0.560. The van der Waals surface area contributed by atoms with Gasteiger partial charge in [0.05, 0.1) is 25.0 Å². The lowest BCUT2D eigenvalue weighted by Gasteiger charge is -2.18. The van der Waals surface area contributed by atoms with Crippen LogP contribution in [0, 0.1) is 23.7 Å². The van der Waals surface area contributed by atoms with Crippen molar-refractivity contribution in [1.29, 1.82) is 0 Å². The van der Waals surface area contributed by atoms with E-state index in [-0.39, 0.29) is 59.5 Å². The molecule has 2 amide bonds. The minimum Gasteiger partial charge on any atom is -0.377 e. The first kappa shape index (κ1) is 25.7. The number of allylic oxidation sites excluding steroid dienone is 2. The Kier molecular flexibility index (Phi) is 9.31. The van der Waals surface area contributed by atoms with Crippen molar-refractivity contribution >= 4 is 41.8 Å². The Morgan fingerprint density at radius 1 is 1.06 bits per heavy atom. The van der Waals surface area contributed by atoms with Crippen LogP contribution in [0.15, 0.2) is 41.4 Å². The van der Waals surface area contributed by atoms with E-state index in [0.717, 1.165) is 30.1 Å². The minimum absolute atomic E-state index is 0. The molecule has 4 atom stereocenters. The number of carbonyl (C=O) groups is 2. The monoisotopic (exact) mass is 566 g/mol. The maximum absolute atomic E-state index is 12.8. The summed E-state index contributed by atoms with van der Waals surface area (Å²) in [4.78, 5) is 31.8. The molecule has 2 N–H and O–H groups in total. The van der Waals surface area contributed by atoms with Gasteiger partial charge in [0.25, 0.3) is 0 Å². The van der Waals surface area contributed by atoms with Crippen molar-refractivity contribution in [3.8, 4) is 0 Å². The van der Waals surface area contributed by atoms with E-state index in [4.69, 9.17) is 9.73 Å². The average molecular weight is 566 g/mol. The molecule has 1 aromatic carbocycles. The normalized spacial score (nSPS) is 25.4. The first-order valence-corrected chi connectivity index (χ1v) is 11.8. The van der Waals surface area contributed by atoms with Gasteiger partial charge in [-0.15, -0.1) is 24.0 Å². The van der Waals surface area contributed by atoms with Crippen LogP contribution in [0.2, 0.25) is 0 Å². The molecule has 0 spiro atoms. The summed E-state index contributed by atoms with van der Waals surface area (Å²) in [5.74, 6) is 1.11. The molecule has 1 aliphatic heterocycles. The summed E-state index contributed by atoms with van der Waals surface area (Å²) in [6, 6.07) is 8.18. The number of amides is 2. The molecule has 1 heterocycles. The van der Waals surface area contributed by atoms with Gasteiger partial charge in [-0.2, -0.15) is 0 Å². The largest absolute Gasteiger partial charge is 0.377 e. The molecular formula is C25H35IN4O3. The van der Waals surface area contributed by atoms with Crippen LogP contribution in [0.1, 0.15) is 37.8 Å². The third-order valence-electron chi connectivity index (χ3n) is 6.74. The summed E-state index contributed by atoms with van der Waals surface area (Å²) < 4.78 is 5.56. The van der Waals surface area contributed by atoms with Gasteiger partial charge in [0.2, 0.25) is 11.8 Å². The molecule has 7 nitrogen and oxygen atoms in total. The van der Waals surface area contributed by atoms with E-state index in [0.29, 0.717) is 39.3 Å². The van der Waals surface area contributed by atoms with Gasteiger partial charge in [0, 0.05) is 26.2 Å². The van der Waals surface area contributed by atoms with E-state index in [1.54, 1.807) is 0 Å². The second kappa shape index (κ2) is 12.0. The smallest absolute Gasteiger partial charge is 0.233 e. The second-order valence-electron chi connectivity index (χ2n) is 8.71. The molecule has 33 heavy (non-hydrogen) atoms. The molecule has 1 aromatic rings. The zero-order valence-electron chi connectivity index (χ0n) is 19.5. The average Bonchev–Trinajstić information content (AvgIpc) is 3.48. The van der Waals surface area contributed by atoms with Crippen molar-refractivity contribution in [3.63, 3.8) is 0 Å². The van der Waals surface area contributed by atoms with Crippen molar-refractivity contribution in [2.75, 3.05) is 26.2 Å². The highest BCUT2D eigenvalue weighted by Crippen LogP contribution is 2.52.